The van der Waals surface area contributed by atoms with Crippen LogP contribution in [0.4, 0.5) is 0 Å². The van der Waals surface area contributed by atoms with Crippen LogP contribution in [0.2, 0.25) is 0 Å². The Balaban J connectivity index is 1.91. The first kappa shape index (κ1) is 15.0. The Morgan fingerprint density at radius 3 is 2.75 bits per heavy atom. The van der Waals surface area contributed by atoms with Gasteiger partial charge in [0.05, 0.1) is 6.04 Å². The van der Waals surface area contributed by atoms with E-state index in [0.29, 0.717) is 0 Å². The van der Waals surface area contributed by atoms with E-state index in [2.05, 4.69) is 48.7 Å². The zero-order valence-corrected chi connectivity index (χ0v) is 12.6. The average Bonchev–Trinajstić information content (AvgIpc) is 2.48. The second-order valence-electron chi connectivity index (χ2n) is 5.72. The van der Waals surface area contributed by atoms with Gasteiger partial charge in [0.15, 0.2) is 0 Å². The van der Waals surface area contributed by atoms with Crippen molar-refractivity contribution in [2.24, 2.45) is 0 Å². The molecule has 1 aromatic carbocycles. The van der Waals surface area contributed by atoms with Gasteiger partial charge in [0, 0.05) is 12.6 Å². The van der Waals surface area contributed by atoms with Crippen molar-refractivity contribution in [2.75, 3.05) is 6.54 Å². The standard InChI is InChI=1S/C17H26N2O/c1-3-4-6-14-8-10-15(11-9-14)13(2)19-16-7-5-12-18-17(16)20/h8-11,13,16,19H,3-7,12H2,1-2H3,(H,18,20). The van der Waals surface area contributed by atoms with E-state index in [-0.39, 0.29) is 18.0 Å². The van der Waals surface area contributed by atoms with Crippen molar-refractivity contribution < 1.29 is 4.79 Å². The third-order valence-corrected chi connectivity index (χ3v) is 4.04. The number of hydrogen-bond donors (Lipinski definition) is 2. The lowest BCUT2D eigenvalue weighted by Gasteiger charge is -2.26. The molecule has 20 heavy (non-hydrogen) atoms. The molecule has 2 N–H and O–H groups in total. The molecule has 1 saturated heterocycles. The van der Waals surface area contributed by atoms with Crippen LogP contribution in [0.5, 0.6) is 0 Å². The number of carbonyl (C=O) groups excluding carboxylic acids is 1. The number of nitrogens with one attached hydrogen (secondary N) is 2. The van der Waals surface area contributed by atoms with Crippen molar-refractivity contribution in [1.29, 1.82) is 0 Å². The predicted octanol–water partition coefficient (Wildman–Crippen LogP) is 2.96. The molecule has 1 heterocycles. The van der Waals surface area contributed by atoms with E-state index in [1.54, 1.807) is 0 Å². The quantitative estimate of drug-likeness (QED) is 0.837. The molecule has 1 aromatic rings. The van der Waals surface area contributed by atoms with Crippen LogP contribution >= 0.6 is 0 Å². The smallest absolute Gasteiger partial charge is 0.237 e. The summed E-state index contributed by atoms with van der Waals surface area (Å²) in [4.78, 5) is 11.8. The van der Waals surface area contributed by atoms with Crippen LogP contribution in [0.1, 0.15) is 56.7 Å². The third-order valence-electron chi connectivity index (χ3n) is 4.04. The van der Waals surface area contributed by atoms with Gasteiger partial charge in [-0.15, -0.1) is 0 Å². The zero-order chi connectivity index (χ0) is 14.4. The first-order valence-electron chi connectivity index (χ1n) is 7.83. The number of benzene rings is 1. The fraction of sp³-hybridized carbons (Fsp3) is 0.588. The maximum Gasteiger partial charge on any atom is 0.237 e. The lowest BCUT2D eigenvalue weighted by atomic mass is 10.0. The molecule has 0 saturated carbocycles. The summed E-state index contributed by atoms with van der Waals surface area (Å²) in [5.74, 6) is 0.141. The molecule has 1 aliphatic heterocycles. The molecule has 3 heteroatoms. The van der Waals surface area contributed by atoms with Gasteiger partial charge in [0.25, 0.3) is 0 Å². The summed E-state index contributed by atoms with van der Waals surface area (Å²) in [6.45, 7) is 5.16. The Hall–Kier alpha value is -1.35. The number of aryl methyl sites for hydroxylation is 1. The van der Waals surface area contributed by atoms with E-state index >= 15 is 0 Å². The van der Waals surface area contributed by atoms with Crippen molar-refractivity contribution in [2.45, 2.75) is 58.0 Å². The van der Waals surface area contributed by atoms with Gasteiger partial charge in [-0.1, -0.05) is 37.6 Å². The van der Waals surface area contributed by atoms with Crippen LogP contribution in [0.25, 0.3) is 0 Å². The highest BCUT2D eigenvalue weighted by atomic mass is 16.2. The van der Waals surface area contributed by atoms with Crippen molar-refractivity contribution >= 4 is 5.91 Å². The molecular formula is C17H26N2O. The minimum atomic E-state index is -0.0430. The number of hydrogen-bond acceptors (Lipinski definition) is 2. The molecule has 0 aliphatic carbocycles. The van der Waals surface area contributed by atoms with Gasteiger partial charge in [-0.3, -0.25) is 10.1 Å². The predicted molar refractivity (Wildman–Crippen MR) is 82.6 cm³/mol. The van der Waals surface area contributed by atoms with Crippen LogP contribution in [-0.4, -0.2) is 18.5 Å². The summed E-state index contributed by atoms with van der Waals surface area (Å²) in [7, 11) is 0. The van der Waals surface area contributed by atoms with Crippen LogP contribution in [0.3, 0.4) is 0 Å². The maximum absolute atomic E-state index is 11.8. The molecule has 110 valence electrons. The Bertz CT molecular complexity index is 427. The Morgan fingerprint density at radius 2 is 2.10 bits per heavy atom. The number of piperidine rings is 1. The Morgan fingerprint density at radius 1 is 1.35 bits per heavy atom. The molecule has 0 spiro atoms. The molecule has 2 rings (SSSR count). The van der Waals surface area contributed by atoms with Gasteiger partial charge in [0.2, 0.25) is 5.91 Å². The van der Waals surface area contributed by atoms with Crippen molar-refractivity contribution in [3.8, 4) is 0 Å². The highest BCUT2D eigenvalue weighted by Gasteiger charge is 2.23. The SMILES string of the molecule is CCCCc1ccc(C(C)NC2CCCNC2=O)cc1. The third kappa shape index (κ3) is 4.07. The number of unbranched alkanes of at least 4 members (excludes halogenated alkanes) is 1. The zero-order valence-electron chi connectivity index (χ0n) is 12.6. The van der Waals surface area contributed by atoms with E-state index in [9.17, 15) is 4.79 Å². The van der Waals surface area contributed by atoms with Gasteiger partial charge in [-0.05, 0) is 43.7 Å². The van der Waals surface area contributed by atoms with Gasteiger partial charge < -0.3 is 5.32 Å². The highest BCUT2D eigenvalue weighted by Crippen LogP contribution is 2.17. The molecule has 0 radical (unpaired) electrons. The Kier molecular flexibility index (Phi) is 5.60. The monoisotopic (exact) mass is 274 g/mol. The van der Waals surface area contributed by atoms with Gasteiger partial charge >= 0.3 is 0 Å². The summed E-state index contributed by atoms with van der Waals surface area (Å²) in [5, 5.41) is 6.36. The maximum atomic E-state index is 11.8. The second-order valence-corrected chi connectivity index (χ2v) is 5.72. The molecule has 1 amide bonds. The highest BCUT2D eigenvalue weighted by molar-refractivity contribution is 5.82. The second kappa shape index (κ2) is 7.44. The van der Waals surface area contributed by atoms with Crippen LogP contribution in [0, 0.1) is 0 Å². The molecule has 1 aliphatic rings. The largest absolute Gasteiger partial charge is 0.355 e. The van der Waals surface area contributed by atoms with Crippen LogP contribution in [0.15, 0.2) is 24.3 Å². The minimum Gasteiger partial charge on any atom is -0.355 e. The minimum absolute atomic E-state index is 0.0430. The number of carbonyl (C=O) groups is 1. The van der Waals surface area contributed by atoms with Gasteiger partial charge in [-0.25, -0.2) is 0 Å². The molecule has 2 atom stereocenters. The summed E-state index contributed by atoms with van der Waals surface area (Å²) >= 11 is 0. The fourth-order valence-corrected chi connectivity index (χ4v) is 2.68. The van der Waals surface area contributed by atoms with Crippen molar-refractivity contribution in [1.82, 2.24) is 10.6 Å². The summed E-state index contributed by atoms with van der Waals surface area (Å²) < 4.78 is 0. The van der Waals surface area contributed by atoms with E-state index < -0.39 is 0 Å². The first-order valence-corrected chi connectivity index (χ1v) is 7.83. The van der Waals surface area contributed by atoms with Crippen LogP contribution in [-0.2, 0) is 11.2 Å². The number of rotatable bonds is 6. The van der Waals surface area contributed by atoms with E-state index in [1.165, 1.54) is 24.0 Å². The molecular weight excluding hydrogens is 248 g/mol. The summed E-state index contributed by atoms with van der Waals surface area (Å²) in [5.41, 5.74) is 2.65. The van der Waals surface area contributed by atoms with Crippen molar-refractivity contribution in [3.05, 3.63) is 35.4 Å². The fourth-order valence-electron chi connectivity index (χ4n) is 2.68. The first-order chi connectivity index (χ1) is 9.70. The van der Waals surface area contributed by atoms with Gasteiger partial charge in [0.1, 0.15) is 0 Å². The molecule has 1 fully saturated rings. The molecule has 0 bridgehead atoms. The average molecular weight is 274 g/mol. The normalized spacial score (nSPS) is 20.5. The van der Waals surface area contributed by atoms with Crippen LogP contribution < -0.4 is 10.6 Å². The van der Waals surface area contributed by atoms with E-state index in [1.807, 2.05) is 0 Å². The van der Waals surface area contributed by atoms with Gasteiger partial charge in [-0.2, -0.15) is 0 Å². The lowest BCUT2D eigenvalue weighted by molar-refractivity contribution is -0.124. The molecule has 0 aromatic heterocycles. The molecule has 2 unspecified atom stereocenters. The lowest BCUT2D eigenvalue weighted by Crippen LogP contribution is -2.48. The summed E-state index contributed by atoms with van der Waals surface area (Å²) in [6, 6.07) is 8.96. The Labute approximate surface area is 122 Å². The van der Waals surface area contributed by atoms with Crippen molar-refractivity contribution in [3.63, 3.8) is 0 Å². The number of amides is 1. The summed E-state index contributed by atoms with van der Waals surface area (Å²) in [6.07, 6.45) is 5.63. The van der Waals surface area contributed by atoms with E-state index in [0.717, 1.165) is 25.8 Å². The van der Waals surface area contributed by atoms with E-state index in [4.69, 9.17) is 0 Å². The topological polar surface area (TPSA) is 41.1 Å². The molecule has 3 nitrogen and oxygen atoms in total.